The summed E-state index contributed by atoms with van der Waals surface area (Å²) in [6.45, 7) is 8.69. The Hall–Kier alpha value is -2.98. The highest BCUT2D eigenvalue weighted by atomic mass is 19.1. The van der Waals surface area contributed by atoms with E-state index >= 15 is 0 Å². The van der Waals surface area contributed by atoms with Gasteiger partial charge in [-0.1, -0.05) is 81.4 Å². The summed E-state index contributed by atoms with van der Waals surface area (Å²) in [6.07, 6.45) is 4.80. The van der Waals surface area contributed by atoms with Crippen LogP contribution >= 0.6 is 0 Å². The molecule has 1 N–H and O–H groups in total. The molecule has 1 fully saturated rings. The smallest absolute Gasteiger partial charge is 0.307 e. The highest BCUT2D eigenvalue weighted by Gasteiger charge is 2.32. The van der Waals surface area contributed by atoms with Crippen LogP contribution < -0.4 is 0 Å². The van der Waals surface area contributed by atoms with Gasteiger partial charge in [-0.3, -0.25) is 9.69 Å². The SMILES string of the molecule is CC(C)(C)C1CCC(N(Cc2ccccc2)Cc2ccc(CC(=O)O)cc2-c2ccc(F)cc2)CC1. The minimum atomic E-state index is -0.853. The molecule has 3 aromatic carbocycles. The number of carboxylic acid groups (broad SMARTS) is 1. The Bertz CT molecular complexity index is 1140. The van der Waals surface area contributed by atoms with Crippen LogP contribution in [0.25, 0.3) is 11.1 Å². The van der Waals surface area contributed by atoms with Gasteiger partial charge in [-0.15, -0.1) is 0 Å². The summed E-state index contributed by atoms with van der Waals surface area (Å²) in [4.78, 5) is 14.0. The number of carboxylic acids is 1. The van der Waals surface area contributed by atoms with E-state index in [1.165, 1.54) is 43.4 Å². The van der Waals surface area contributed by atoms with Crippen LogP contribution in [0.15, 0.2) is 72.8 Å². The fraction of sp³-hybridized carbons (Fsp3) is 0.406. The van der Waals surface area contributed by atoms with E-state index < -0.39 is 5.97 Å². The molecule has 0 radical (unpaired) electrons. The van der Waals surface area contributed by atoms with E-state index in [1.54, 1.807) is 12.1 Å². The molecule has 0 saturated heterocycles. The normalized spacial score (nSPS) is 18.4. The van der Waals surface area contributed by atoms with Crippen LogP contribution in [0.1, 0.15) is 63.1 Å². The molecule has 0 amide bonds. The van der Waals surface area contributed by atoms with Crippen molar-refractivity contribution in [1.29, 1.82) is 0 Å². The molecule has 3 nitrogen and oxygen atoms in total. The van der Waals surface area contributed by atoms with Crippen molar-refractivity contribution in [1.82, 2.24) is 4.90 Å². The Labute approximate surface area is 215 Å². The van der Waals surface area contributed by atoms with E-state index in [-0.39, 0.29) is 12.2 Å². The zero-order valence-corrected chi connectivity index (χ0v) is 21.7. The topological polar surface area (TPSA) is 40.5 Å². The van der Waals surface area contributed by atoms with Gasteiger partial charge in [-0.25, -0.2) is 4.39 Å². The summed E-state index contributed by atoms with van der Waals surface area (Å²) >= 11 is 0. The van der Waals surface area contributed by atoms with Crippen molar-refractivity contribution in [2.75, 3.05) is 0 Å². The first-order valence-electron chi connectivity index (χ1n) is 13.1. The summed E-state index contributed by atoms with van der Waals surface area (Å²) in [6, 6.07) is 23.6. The zero-order chi connectivity index (χ0) is 25.7. The monoisotopic (exact) mass is 487 g/mol. The molecule has 0 aromatic heterocycles. The van der Waals surface area contributed by atoms with Gasteiger partial charge in [0.05, 0.1) is 6.42 Å². The highest BCUT2D eigenvalue weighted by Crippen LogP contribution is 2.40. The highest BCUT2D eigenvalue weighted by molar-refractivity contribution is 5.73. The second kappa shape index (κ2) is 11.4. The molecule has 0 unspecified atom stereocenters. The first kappa shape index (κ1) is 26.1. The summed E-state index contributed by atoms with van der Waals surface area (Å²) in [5.41, 5.74) is 5.42. The summed E-state index contributed by atoms with van der Waals surface area (Å²) in [5, 5.41) is 9.33. The van der Waals surface area contributed by atoms with Gasteiger partial charge < -0.3 is 5.11 Å². The van der Waals surface area contributed by atoms with Crippen molar-refractivity contribution in [3.63, 3.8) is 0 Å². The van der Waals surface area contributed by atoms with Gasteiger partial charge >= 0.3 is 5.97 Å². The summed E-state index contributed by atoms with van der Waals surface area (Å²) in [7, 11) is 0. The standard InChI is InChI=1S/C32H38FNO2/c1-32(2,3)27-13-17-29(18-14-27)34(21-23-7-5-4-6-8-23)22-26-10-9-24(20-31(35)36)19-30(26)25-11-15-28(33)16-12-25/h4-12,15-16,19,27,29H,13-14,17-18,20-22H2,1-3H3,(H,35,36). The molecular weight excluding hydrogens is 449 g/mol. The van der Waals surface area contributed by atoms with Crippen LogP contribution in [0.4, 0.5) is 4.39 Å². The van der Waals surface area contributed by atoms with Gasteiger partial charge in [0.1, 0.15) is 5.82 Å². The van der Waals surface area contributed by atoms with E-state index in [0.29, 0.717) is 11.5 Å². The number of nitrogens with zero attached hydrogens (tertiary/aromatic N) is 1. The maximum absolute atomic E-state index is 13.7. The van der Waals surface area contributed by atoms with Crippen LogP contribution in [-0.4, -0.2) is 22.0 Å². The number of aliphatic carboxylic acids is 1. The number of benzene rings is 3. The van der Waals surface area contributed by atoms with Crippen LogP contribution in [0.5, 0.6) is 0 Å². The lowest BCUT2D eigenvalue weighted by atomic mass is 9.71. The lowest BCUT2D eigenvalue weighted by Gasteiger charge is -2.41. The Morgan fingerprint density at radius 3 is 2.17 bits per heavy atom. The average molecular weight is 488 g/mol. The fourth-order valence-corrected chi connectivity index (χ4v) is 5.60. The van der Waals surface area contributed by atoms with Gasteiger partial charge in [-0.2, -0.15) is 0 Å². The molecule has 4 heteroatoms. The maximum Gasteiger partial charge on any atom is 0.307 e. The lowest BCUT2D eigenvalue weighted by Crippen LogP contribution is -2.39. The van der Waals surface area contributed by atoms with E-state index in [9.17, 15) is 14.3 Å². The quantitative estimate of drug-likeness (QED) is 0.353. The fourth-order valence-electron chi connectivity index (χ4n) is 5.60. The molecule has 1 aliphatic carbocycles. The van der Waals surface area contributed by atoms with Gasteiger partial charge in [0, 0.05) is 19.1 Å². The van der Waals surface area contributed by atoms with Crippen LogP contribution in [0.3, 0.4) is 0 Å². The Morgan fingerprint density at radius 1 is 0.889 bits per heavy atom. The number of carbonyl (C=O) groups is 1. The number of hydrogen-bond acceptors (Lipinski definition) is 2. The second-order valence-corrected chi connectivity index (χ2v) is 11.3. The van der Waals surface area contributed by atoms with Crippen LogP contribution in [-0.2, 0) is 24.3 Å². The van der Waals surface area contributed by atoms with Crippen molar-refractivity contribution in [3.05, 3.63) is 95.3 Å². The van der Waals surface area contributed by atoms with Crippen molar-refractivity contribution in [3.8, 4) is 11.1 Å². The first-order chi connectivity index (χ1) is 17.2. The molecule has 4 rings (SSSR count). The van der Waals surface area contributed by atoms with Crippen molar-refractivity contribution < 1.29 is 14.3 Å². The summed E-state index contributed by atoms with van der Waals surface area (Å²) < 4.78 is 13.7. The maximum atomic E-state index is 13.7. The largest absolute Gasteiger partial charge is 0.481 e. The van der Waals surface area contributed by atoms with E-state index in [2.05, 4.69) is 62.1 Å². The van der Waals surface area contributed by atoms with Crippen molar-refractivity contribution >= 4 is 5.97 Å². The van der Waals surface area contributed by atoms with Crippen molar-refractivity contribution in [2.24, 2.45) is 11.3 Å². The molecule has 190 valence electrons. The van der Waals surface area contributed by atoms with Gasteiger partial charge in [0.25, 0.3) is 0 Å². The van der Waals surface area contributed by atoms with E-state index in [0.717, 1.165) is 41.3 Å². The second-order valence-electron chi connectivity index (χ2n) is 11.3. The van der Waals surface area contributed by atoms with Crippen molar-refractivity contribution in [2.45, 2.75) is 72.0 Å². The predicted octanol–water partition coefficient (Wildman–Crippen LogP) is 7.73. The molecular formula is C32H38FNO2. The Morgan fingerprint density at radius 2 is 1.56 bits per heavy atom. The minimum absolute atomic E-state index is 0.0287. The molecule has 1 aliphatic rings. The van der Waals surface area contributed by atoms with Crippen LogP contribution in [0, 0.1) is 17.2 Å². The number of halogens is 1. The molecule has 3 aromatic rings. The van der Waals surface area contributed by atoms with Gasteiger partial charge in [-0.05, 0) is 77.0 Å². The Kier molecular flexibility index (Phi) is 8.25. The lowest BCUT2D eigenvalue weighted by molar-refractivity contribution is -0.136. The zero-order valence-electron chi connectivity index (χ0n) is 21.7. The van der Waals surface area contributed by atoms with E-state index in [4.69, 9.17) is 0 Å². The first-order valence-corrected chi connectivity index (χ1v) is 13.1. The molecule has 0 aliphatic heterocycles. The predicted molar refractivity (Wildman–Crippen MR) is 144 cm³/mol. The molecule has 0 spiro atoms. The molecule has 0 atom stereocenters. The third kappa shape index (κ3) is 6.82. The van der Waals surface area contributed by atoms with E-state index in [1.807, 2.05) is 12.1 Å². The minimum Gasteiger partial charge on any atom is -0.481 e. The summed E-state index contributed by atoms with van der Waals surface area (Å²) in [5.74, 6) is -0.380. The average Bonchev–Trinajstić information content (AvgIpc) is 2.85. The molecule has 36 heavy (non-hydrogen) atoms. The van der Waals surface area contributed by atoms with Gasteiger partial charge in [0.2, 0.25) is 0 Å². The number of rotatable bonds is 8. The van der Waals surface area contributed by atoms with Crippen LogP contribution in [0.2, 0.25) is 0 Å². The third-order valence-corrected chi connectivity index (χ3v) is 7.72. The van der Waals surface area contributed by atoms with Gasteiger partial charge in [0.15, 0.2) is 0 Å². The molecule has 0 heterocycles. The Balaban J connectivity index is 1.65. The molecule has 1 saturated carbocycles. The number of hydrogen-bond donors (Lipinski definition) is 1. The third-order valence-electron chi connectivity index (χ3n) is 7.72. The molecule has 0 bridgehead atoms.